The van der Waals surface area contributed by atoms with Crippen LogP contribution < -0.4 is 0 Å². The van der Waals surface area contributed by atoms with Crippen LogP contribution in [0.25, 0.3) is 0 Å². The van der Waals surface area contributed by atoms with Crippen molar-refractivity contribution in [3.63, 3.8) is 0 Å². The number of methoxy groups -OCH3 is 1. The van der Waals surface area contributed by atoms with Crippen LogP contribution in [0.1, 0.15) is 0 Å². The number of rotatable bonds is 6. The minimum atomic E-state index is -1.59. The Morgan fingerprint density at radius 3 is 1.85 bits per heavy atom. The molecule has 6 nitrogen and oxygen atoms in total. The fourth-order valence-electron chi connectivity index (χ4n) is 0.833. The summed E-state index contributed by atoms with van der Waals surface area (Å²) in [6.07, 6.45) is -5.89. The van der Waals surface area contributed by atoms with E-state index in [2.05, 4.69) is 4.74 Å². The lowest BCUT2D eigenvalue weighted by molar-refractivity contribution is -0.126. The Balaban J connectivity index is 3.99. The maximum Gasteiger partial charge on any atom is 0.111 e. The Labute approximate surface area is 76.0 Å². The standard InChI is InChI=1S/C7H16O6/c1-13-3-5(10)7(12)6(11)4(9)2-8/h4-12H,2-3H2,1H3/t4-,5-,6-,7-/m1/s1. The Morgan fingerprint density at radius 1 is 1.00 bits per heavy atom. The molecule has 6 heteroatoms. The van der Waals surface area contributed by atoms with Gasteiger partial charge in [-0.1, -0.05) is 0 Å². The van der Waals surface area contributed by atoms with Gasteiger partial charge in [-0.15, -0.1) is 0 Å². The van der Waals surface area contributed by atoms with E-state index in [4.69, 9.17) is 25.5 Å². The van der Waals surface area contributed by atoms with E-state index in [-0.39, 0.29) is 6.61 Å². The van der Waals surface area contributed by atoms with Gasteiger partial charge >= 0.3 is 0 Å². The molecule has 0 spiro atoms. The lowest BCUT2D eigenvalue weighted by Crippen LogP contribution is -2.47. The van der Waals surface area contributed by atoms with Crippen molar-refractivity contribution in [3.05, 3.63) is 0 Å². The number of aliphatic hydroxyl groups excluding tert-OH is 5. The molecule has 5 N–H and O–H groups in total. The maximum absolute atomic E-state index is 9.17. The minimum absolute atomic E-state index is 0.156. The highest BCUT2D eigenvalue weighted by atomic mass is 16.5. The van der Waals surface area contributed by atoms with E-state index < -0.39 is 31.0 Å². The van der Waals surface area contributed by atoms with Crippen LogP contribution >= 0.6 is 0 Å². The molecule has 0 unspecified atom stereocenters. The third kappa shape index (κ3) is 3.99. The molecule has 0 radical (unpaired) electrons. The molecule has 0 amide bonds. The van der Waals surface area contributed by atoms with Crippen LogP contribution in [0.3, 0.4) is 0 Å². The van der Waals surface area contributed by atoms with E-state index in [1.54, 1.807) is 0 Å². The molecule has 0 saturated heterocycles. The maximum atomic E-state index is 9.17. The molecule has 13 heavy (non-hydrogen) atoms. The van der Waals surface area contributed by atoms with Crippen molar-refractivity contribution in [2.24, 2.45) is 0 Å². The summed E-state index contributed by atoms with van der Waals surface area (Å²) in [6, 6.07) is 0. The summed E-state index contributed by atoms with van der Waals surface area (Å²) in [5.41, 5.74) is 0. The fourth-order valence-corrected chi connectivity index (χ4v) is 0.833. The summed E-state index contributed by atoms with van der Waals surface area (Å²) in [5.74, 6) is 0. The van der Waals surface area contributed by atoms with Gasteiger partial charge in [0.2, 0.25) is 0 Å². The lowest BCUT2D eigenvalue weighted by Gasteiger charge is -2.24. The normalized spacial score (nSPS) is 20.8. The van der Waals surface area contributed by atoms with Crippen LogP contribution in [0.15, 0.2) is 0 Å². The van der Waals surface area contributed by atoms with E-state index in [0.717, 1.165) is 0 Å². The smallest absolute Gasteiger partial charge is 0.111 e. The first-order chi connectivity index (χ1) is 6.04. The first-order valence-electron chi connectivity index (χ1n) is 3.86. The average molecular weight is 196 g/mol. The van der Waals surface area contributed by atoms with E-state index in [0.29, 0.717) is 0 Å². The molecule has 0 aliphatic rings. The van der Waals surface area contributed by atoms with Crippen molar-refractivity contribution in [3.8, 4) is 0 Å². The Morgan fingerprint density at radius 2 is 1.46 bits per heavy atom. The summed E-state index contributed by atoms with van der Waals surface area (Å²) in [6.45, 7) is -0.839. The van der Waals surface area contributed by atoms with Crippen LogP contribution in [0.4, 0.5) is 0 Å². The Hall–Kier alpha value is -0.240. The van der Waals surface area contributed by atoms with Crippen LogP contribution in [-0.4, -0.2) is 70.3 Å². The molecule has 0 saturated carbocycles. The van der Waals surface area contributed by atoms with Crippen molar-refractivity contribution >= 4 is 0 Å². The van der Waals surface area contributed by atoms with Crippen molar-refractivity contribution in [1.82, 2.24) is 0 Å². The molecule has 0 aromatic rings. The molecule has 80 valence electrons. The predicted molar refractivity (Wildman–Crippen MR) is 43.0 cm³/mol. The molecule has 4 atom stereocenters. The van der Waals surface area contributed by atoms with Crippen molar-refractivity contribution in [2.45, 2.75) is 24.4 Å². The lowest BCUT2D eigenvalue weighted by atomic mass is 10.0. The molecular weight excluding hydrogens is 180 g/mol. The Kier molecular flexibility index (Phi) is 6.13. The molecule has 0 aromatic carbocycles. The van der Waals surface area contributed by atoms with Crippen LogP contribution in [0.2, 0.25) is 0 Å². The van der Waals surface area contributed by atoms with Crippen molar-refractivity contribution < 1.29 is 30.3 Å². The van der Waals surface area contributed by atoms with Gasteiger partial charge in [0.25, 0.3) is 0 Å². The molecule has 0 fully saturated rings. The second-order valence-electron chi connectivity index (χ2n) is 2.75. The first-order valence-corrected chi connectivity index (χ1v) is 3.86. The number of ether oxygens (including phenoxy) is 1. The number of hydrogen-bond acceptors (Lipinski definition) is 6. The number of aliphatic hydroxyl groups is 5. The zero-order valence-corrected chi connectivity index (χ0v) is 7.37. The minimum Gasteiger partial charge on any atom is -0.394 e. The summed E-state index contributed by atoms with van der Waals surface area (Å²) in [4.78, 5) is 0. The molecule has 0 heterocycles. The van der Waals surface area contributed by atoms with Crippen LogP contribution in [-0.2, 0) is 4.74 Å². The van der Waals surface area contributed by atoms with Gasteiger partial charge in [-0.05, 0) is 0 Å². The summed E-state index contributed by atoms with van der Waals surface area (Å²) >= 11 is 0. The Bertz CT molecular complexity index is 130. The first kappa shape index (κ1) is 12.8. The van der Waals surface area contributed by atoms with Gasteiger partial charge < -0.3 is 30.3 Å². The summed E-state index contributed by atoms with van der Waals surface area (Å²) in [5, 5.41) is 44.7. The number of hydrogen-bond donors (Lipinski definition) is 5. The van der Waals surface area contributed by atoms with E-state index >= 15 is 0 Å². The molecule has 0 bridgehead atoms. The summed E-state index contributed by atoms with van der Waals surface area (Å²) in [7, 11) is 1.32. The summed E-state index contributed by atoms with van der Waals surface area (Å²) < 4.78 is 4.52. The second kappa shape index (κ2) is 6.25. The molecule has 0 aromatic heterocycles. The van der Waals surface area contributed by atoms with Gasteiger partial charge in [0.05, 0.1) is 13.2 Å². The van der Waals surface area contributed by atoms with Crippen molar-refractivity contribution in [1.29, 1.82) is 0 Å². The third-order valence-corrected chi connectivity index (χ3v) is 1.66. The van der Waals surface area contributed by atoms with E-state index in [1.165, 1.54) is 7.11 Å². The van der Waals surface area contributed by atoms with Gasteiger partial charge in [-0.25, -0.2) is 0 Å². The predicted octanol–water partition coefficient (Wildman–Crippen LogP) is -2.93. The SMILES string of the molecule is COC[C@@H](O)[C@@H](O)[C@H](O)[C@H](O)CO. The zero-order valence-electron chi connectivity index (χ0n) is 7.37. The highest BCUT2D eigenvalue weighted by Gasteiger charge is 2.29. The highest BCUT2D eigenvalue weighted by Crippen LogP contribution is 2.04. The molecule has 0 rings (SSSR count). The average Bonchev–Trinajstić information content (AvgIpc) is 2.14. The fraction of sp³-hybridized carbons (Fsp3) is 1.00. The molecule has 0 aliphatic heterocycles. The molecular formula is C7H16O6. The third-order valence-electron chi connectivity index (χ3n) is 1.66. The van der Waals surface area contributed by atoms with Crippen molar-refractivity contribution in [2.75, 3.05) is 20.3 Å². The van der Waals surface area contributed by atoms with E-state index in [9.17, 15) is 0 Å². The van der Waals surface area contributed by atoms with Gasteiger partial charge in [-0.2, -0.15) is 0 Å². The topological polar surface area (TPSA) is 110 Å². The van der Waals surface area contributed by atoms with E-state index in [1.807, 2.05) is 0 Å². The zero-order chi connectivity index (χ0) is 10.4. The van der Waals surface area contributed by atoms with Gasteiger partial charge in [0.1, 0.15) is 24.4 Å². The second-order valence-corrected chi connectivity index (χ2v) is 2.75. The quantitative estimate of drug-likeness (QED) is 0.311. The largest absolute Gasteiger partial charge is 0.394 e. The van der Waals surface area contributed by atoms with Gasteiger partial charge in [0.15, 0.2) is 0 Å². The van der Waals surface area contributed by atoms with Crippen LogP contribution in [0.5, 0.6) is 0 Å². The van der Waals surface area contributed by atoms with Gasteiger partial charge in [-0.3, -0.25) is 0 Å². The monoisotopic (exact) mass is 196 g/mol. The highest BCUT2D eigenvalue weighted by molar-refractivity contribution is 4.80. The van der Waals surface area contributed by atoms with Crippen LogP contribution in [0, 0.1) is 0 Å². The van der Waals surface area contributed by atoms with Gasteiger partial charge in [0, 0.05) is 7.11 Å². The molecule has 0 aliphatic carbocycles.